The van der Waals surface area contributed by atoms with E-state index in [0.29, 0.717) is 0 Å². The van der Waals surface area contributed by atoms with Gasteiger partial charge in [0.2, 0.25) is 5.88 Å². The second-order valence-electron chi connectivity index (χ2n) is 5.23. The summed E-state index contributed by atoms with van der Waals surface area (Å²) in [6, 6.07) is 5.35. The van der Waals surface area contributed by atoms with Crippen molar-refractivity contribution in [1.82, 2.24) is 4.57 Å². The number of azo groups is 1. The Bertz CT molecular complexity index is 1110. The number of anilines is 1. The highest BCUT2D eigenvalue weighted by atomic mass is 32.2. The zero-order chi connectivity index (χ0) is 19.6. The van der Waals surface area contributed by atoms with E-state index in [9.17, 15) is 23.6 Å². The minimum Gasteiger partial charge on any atom is -0.493 e. The smallest absolute Gasteiger partial charge is 0.296 e. The summed E-state index contributed by atoms with van der Waals surface area (Å²) in [6.07, 6.45) is 0. The fourth-order valence-corrected chi connectivity index (χ4v) is 2.90. The maximum absolute atomic E-state index is 12.4. The summed E-state index contributed by atoms with van der Waals surface area (Å²) in [5.74, 6) is -0.461. The SMILES string of the molecule is CCn1c(O)c(C#N)c(C)c(N=Nc2ccc(N)c(S(=O)(=O)O)c2)c1=O. The minimum atomic E-state index is -4.55. The van der Waals surface area contributed by atoms with Crippen molar-refractivity contribution in [3.8, 4) is 11.9 Å². The van der Waals surface area contributed by atoms with Gasteiger partial charge in [0.25, 0.3) is 15.7 Å². The zero-order valence-electron chi connectivity index (χ0n) is 13.8. The maximum Gasteiger partial charge on any atom is 0.296 e. The number of aromatic nitrogens is 1. The topological polar surface area (TPSA) is 171 Å². The van der Waals surface area contributed by atoms with Crippen LogP contribution in [0.4, 0.5) is 17.1 Å². The summed E-state index contributed by atoms with van der Waals surface area (Å²) in [4.78, 5) is 11.9. The van der Waals surface area contributed by atoms with Gasteiger partial charge < -0.3 is 10.8 Å². The molecule has 1 heterocycles. The lowest BCUT2D eigenvalue weighted by Gasteiger charge is -2.10. The Morgan fingerprint density at radius 1 is 1.35 bits per heavy atom. The van der Waals surface area contributed by atoms with Gasteiger partial charge in [-0.05, 0) is 32.0 Å². The van der Waals surface area contributed by atoms with E-state index >= 15 is 0 Å². The molecule has 0 saturated carbocycles. The Kier molecular flexibility index (Phi) is 5.10. The van der Waals surface area contributed by atoms with Gasteiger partial charge in [-0.25, -0.2) is 0 Å². The van der Waals surface area contributed by atoms with Gasteiger partial charge in [-0.2, -0.15) is 18.8 Å². The third-order valence-electron chi connectivity index (χ3n) is 3.63. The molecular weight excluding hydrogens is 362 g/mol. The third kappa shape index (κ3) is 3.41. The predicted octanol–water partition coefficient (Wildman–Crippen LogP) is 2.00. The van der Waals surface area contributed by atoms with E-state index in [1.54, 1.807) is 13.0 Å². The van der Waals surface area contributed by atoms with Gasteiger partial charge in [0.15, 0.2) is 5.69 Å². The average Bonchev–Trinajstić information content (AvgIpc) is 2.56. The number of nitrogens with zero attached hydrogens (tertiary/aromatic N) is 4. The highest BCUT2D eigenvalue weighted by Gasteiger charge is 2.18. The average molecular weight is 377 g/mol. The summed E-state index contributed by atoms with van der Waals surface area (Å²) >= 11 is 0. The van der Waals surface area contributed by atoms with Gasteiger partial charge in [0, 0.05) is 12.1 Å². The first-order valence-electron chi connectivity index (χ1n) is 7.27. The van der Waals surface area contributed by atoms with Gasteiger partial charge in [0.05, 0.1) is 11.4 Å². The molecule has 10 nitrogen and oxygen atoms in total. The normalized spacial score (nSPS) is 11.6. The molecular formula is C15H15N5O5S. The number of aromatic hydroxyl groups is 1. The molecule has 1 aromatic heterocycles. The third-order valence-corrected chi connectivity index (χ3v) is 4.54. The number of nitriles is 1. The molecule has 0 amide bonds. The van der Waals surface area contributed by atoms with Crippen LogP contribution in [0.1, 0.15) is 18.1 Å². The molecule has 26 heavy (non-hydrogen) atoms. The van der Waals surface area contributed by atoms with Gasteiger partial charge in [-0.15, -0.1) is 5.11 Å². The Labute approximate surface area is 148 Å². The molecule has 0 saturated heterocycles. The van der Waals surface area contributed by atoms with Crippen molar-refractivity contribution in [2.45, 2.75) is 25.3 Å². The quantitative estimate of drug-likeness (QED) is 0.415. The molecule has 2 rings (SSSR count). The van der Waals surface area contributed by atoms with Crippen LogP contribution in [0.2, 0.25) is 0 Å². The van der Waals surface area contributed by atoms with Crippen LogP contribution < -0.4 is 11.3 Å². The fourth-order valence-electron chi connectivity index (χ4n) is 2.27. The standard InChI is InChI=1S/C15H15N5O5S/c1-3-20-14(21)10(7-16)8(2)13(15(20)22)19-18-9-4-5-11(17)12(6-9)26(23,24)25/h4-6,21H,3,17H2,1-2H3,(H,23,24,25). The number of hydrogen-bond acceptors (Lipinski definition) is 8. The molecule has 0 spiro atoms. The highest BCUT2D eigenvalue weighted by Crippen LogP contribution is 2.28. The number of benzene rings is 1. The van der Waals surface area contributed by atoms with Crippen molar-refractivity contribution >= 4 is 27.2 Å². The molecule has 0 atom stereocenters. The van der Waals surface area contributed by atoms with Crippen LogP contribution in [0, 0.1) is 18.3 Å². The van der Waals surface area contributed by atoms with Crippen LogP contribution in [0.3, 0.4) is 0 Å². The van der Waals surface area contributed by atoms with Gasteiger partial charge >= 0.3 is 0 Å². The van der Waals surface area contributed by atoms with Gasteiger partial charge in [-0.3, -0.25) is 13.9 Å². The largest absolute Gasteiger partial charge is 0.493 e. The number of pyridine rings is 1. The molecule has 136 valence electrons. The first kappa shape index (κ1) is 19.1. The highest BCUT2D eigenvalue weighted by molar-refractivity contribution is 7.86. The molecule has 0 aliphatic carbocycles. The van der Waals surface area contributed by atoms with Crippen molar-refractivity contribution in [2.24, 2.45) is 10.2 Å². The monoisotopic (exact) mass is 377 g/mol. The molecule has 11 heteroatoms. The van der Waals surface area contributed by atoms with E-state index in [0.717, 1.165) is 10.6 Å². The molecule has 1 aromatic carbocycles. The van der Waals surface area contributed by atoms with Crippen LogP contribution in [0.15, 0.2) is 38.1 Å². The van der Waals surface area contributed by atoms with Crippen molar-refractivity contribution < 1.29 is 18.1 Å². The maximum atomic E-state index is 12.4. The molecule has 4 N–H and O–H groups in total. The summed E-state index contributed by atoms with van der Waals surface area (Å²) in [5, 5.41) is 26.7. The summed E-state index contributed by atoms with van der Waals surface area (Å²) in [5.41, 5.74) is 4.52. The summed E-state index contributed by atoms with van der Waals surface area (Å²) in [6.45, 7) is 3.15. The number of rotatable bonds is 4. The van der Waals surface area contributed by atoms with E-state index in [2.05, 4.69) is 10.2 Å². The van der Waals surface area contributed by atoms with Crippen LogP contribution in [-0.2, 0) is 16.7 Å². The molecule has 0 aliphatic heterocycles. The second-order valence-corrected chi connectivity index (χ2v) is 6.62. The van der Waals surface area contributed by atoms with Crippen molar-refractivity contribution in [3.05, 3.63) is 39.7 Å². The van der Waals surface area contributed by atoms with Crippen LogP contribution in [0.5, 0.6) is 5.88 Å². The molecule has 0 radical (unpaired) electrons. The van der Waals surface area contributed by atoms with Crippen molar-refractivity contribution in [3.63, 3.8) is 0 Å². The predicted molar refractivity (Wildman–Crippen MR) is 92.3 cm³/mol. The van der Waals surface area contributed by atoms with E-state index in [-0.39, 0.29) is 34.7 Å². The van der Waals surface area contributed by atoms with Crippen molar-refractivity contribution in [1.29, 1.82) is 5.26 Å². The molecule has 0 fully saturated rings. The lowest BCUT2D eigenvalue weighted by molar-refractivity contribution is 0.409. The van der Waals surface area contributed by atoms with E-state index in [4.69, 9.17) is 10.3 Å². The summed E-state index contributed by atoms with van der Waals surface area (Å²) in [7, 11) is -4.55. The first-order valence-corrected chi connectivity index (χ1v) is 8.71. The Hall–Kier alpha value is -3.23. The first-order chi connectivity index (χ1) is 12.1. The number of nitrogens with two attached hydrogens (primary N) is 1. The van der Waals surface area contributed by atoms with E-state index in [1.165, 1.54) is 19.1 Å². The number of nitrogen functional groups attached to an aromatic ring is 1. The van der Waals surface area contributed by atoms with Gasteiger partial charge in [0.1, 0.15) is 16.5 Å². The summed E-state index contributed by atoms with van der Waals surface area (Å²) < 4.78 is 32.7. The molecule has 0 bridgehead atoms. The Balaban J connectivity index is 2.63. The fraction of sp³-hybridized carbons (Fsp3) is 0.200. The van der Waals surface area contributed by atoms with E-state index < -0.39 is 26.5 Å². The van der Waals surface area contributed by atoms with Crippen LogP contribution in [0.25, 0.3) is 0 Å². The van der Waals surface area contributed by atoms with Gasteiger partial charge in [-0.1, -0.05) is 0 Å². The second kappa shape index (κ2) is 6.95. The lowest BCUT2D eigenvalue weighted by atomic mass is 10.1. The molecule has 0 aliphatic rings. The van der Waals surface area contributed by atoms with Crippen molar-refractivity contribution in [2.75, 3.05) is 5.73 Å². The van der Waals surface area contributed by atoms with Crippen LogP contribution in [-0.4, -0.2) is 22.6 Å². The zero-order valence-corrected chi connectivity index (χ0v) is 14.6. The lowest BCUT2D eigenvalue weighted by Crippen LogP contribution is -2.20. The minimum absolute atomic E-state index is 0.0141. The molecule has 2 aromatic rings. The van der Waals surface area contributed by atoms with E-state index in [1.807, 2.05) is 0 Å². The van der Waals surface area contributed by atoms with Crippen LogP contribution >= 0.6 is 0 Å². The molecule has 0 unspecified atom stereocenters. The Morgan fingerprint density at radius 3 is 2.54 bits per heavy atom. The number of hydrogen-bond donors (Lipinski definition) is 3. The Morgan fingerprint density at radius 2 is 2.00 bits per heavy atom.